The first-order chi connectivity index (χ1) is 12.5. The first-order valence-electron chi connectivity index (χ1n) is 7.65. The highest BCUT2D eigenvalue weighted by Crippen LogP contribution is 2.19. The van der Waals surface area contributed by atoms with Crippen molar-refractivity contribution in [3.05, 3.63) is 69.7 Å². The molecule has 0 aliphatic heterocycles. The van der Waals surface area contributed by atoms with Crippen LogP contribution < -0.4 is 10.1 Å². The molecule has 1 aromatic heterocycles. The molecule has 0 aliphatic carbocycles. The number of benzene rings is 2. The molecule has 0 saturated carbocycles. The standard InChI is InChI=1S/C18H15N3O4S/c1-25-14-4-2-3-11(9-14)10-15-20-21-17(26-15)16(22)19-13-7-5-12(6-8-13)18(23)24/h2-9H,10H2,1H3,(H,19,22)(H,23,24). The van der Waals surface area contributed by atoms with Crippen molar-refractivity contribution in [1.82, 2.24) is 10.2 Å². The lowest BCUT2D eigenvalue weighted by atomic mass is 10.1. The molecule has 26 heavy (non-hydrogen) atoms. The molecule has 7 nitrogen and oxygen atoms in total. The van der Waals surface area contributed by atoms with E-state index in [4.69, 9.17) is 9.84 Å². The van der Waals surface area contributed by atoms with Gasteiger partial charge in [0.2, 0.25) is 5.01 Å². The van der Waals surface area contributed by atoms with Crippen LogP contribution in [0.15, 0.2) is 48.5 Å². The predicted molar refractivity (Wildman–Crippen MR) is 97.1 cm³/mol. The Hall–Kier alpha value is -3.26. The van der Waals surface area contributed by atoms with Gasteiger partial charge in [0, 0.05) is 12.1 Å². The molecule has 132 valence electrons. The lowest BCUT2D eigenvalue weighted by molar-refractivity contribution is 0.0696. The van der Waals surface area contributed by atoms with Gasteiger partial charge in [-0.25, -0.2) is 4.79 Å². The third-order valence-electron chi connectivity index (χ3n) is 3.54. The Labute approximate surface area is 153 Å². The molecule has 3 aromatic rings. The van der Waals surface area contributed by atoms with E-state index in [0.29, 0.717) is 17.1 Å². The zero-order chi connectivity index (χ0) is 18.5. The molecule has 8 heteroatoms. The van der Waals surface area contributed by atoms with Crippen LogP contribution in [0, 0.1) is 0 Å². The molecule has 0 saturated heterocycles. The van der Waals surface area contributed by atoms with Gasteiger partial charge in [0.25, 0.3) is 5.91 Å². The third kappa shape index (κ3) is 4.22. The maximum absolute atomic E-state index is 12.3. The van der Waals surface area contributed by atoms with Crippen molar-refractivity contribution < 1.29 is 19.4 Å². The van der Waals surface area contributed by atoms with Crippen molar-refractivity contribution in [2.24, 2.45) is 0 Å². The second-order valence-corrected chi connectivity index (χ2v) is 6.43. The number of carboxylic acids is 1. The Balaban J connectivity index is 1.66. The van der Waals surface area contributed by atoms with Crippen molar-refractivity contribution in [1.29, 1.82) is 0 Å². The maximum atomic E-state index is 12.3. The minimum Gasteiger partial charge on any atom is -0.497 e. The van der Waals surface area contributed by atoms with E-state index < -0.39 is 5.97 Å². The topological polar surface area (TPSA) is 101 Å². The Morgan fingerprint density at radius 1 is 1.15 bits per heavy atom. The van der Waals surface area contributed by atoms with Gasteiger partial charge in [-0.15, -0.1) is 10.2 Å². The van der Waals surface area contributed by atoms with Crippen LogP contribution in [0.4, 0.5) is 5.69 Å². The van der Waals surface area contributed by atoms with Crippen molar-refractivity contribution in [2.45, 2.75) is 6.42 Å². The molecule has 1 heterocycles. The van der Waals surface area contributed by atoms with Crippen molar-refractivity contribution in [3.8, 4) is 5.75 Å². The summed E-state index contributed by atoms with van der Waals surface area (Å²) in [4.78, 5) is 23.1. The molecule has 0 atom stereocenters. The number of nitrogens with zero attached hydrogens (tertiary/aromatic N) is 2. The summed E-state index contributed by atoms with van der Waals surface area (Å²) in [6.07, 6.45) is 0.551. The maximum Gasteiger partial charge on any atom is 0.335 e. The Morgan fingerprint density at radius 2 is 1.92 bits per heavy atom. The van der Waals surface area contributed by atoms with Crippen molar-refractivity contribution >= 4 is 28.9 Å². The van der Waals surface area contributed by atoms with Gasteiger partial charge < -0.3 is 15.2 Å². The van der Waals surface area contributed by atoms with Gasteiger partial charge in [-0.3, -0.25) is 4.79 Å². The summed E-state index contributed by atoms with van der Waals surface area (Å²) in [5, 5.41) is 20.5. The van der Waals surface area contributed by atoms with Gasteiger partial charge in [0.1, 0.15) is 10.8 Å². The molecule has 2 aromatic carbocycles. The Morgan fingerprint density at radius 3 is 2.62 bits per heavy atom. The van der Waals surface area contributed by atoms with Gasteiger partial charge in [-0.05, 0) is 42.0 Å². The van der Waals surface area contributed by atoms with Crippen LogP contribution in [-0.2, 0) is 6.42 Å². The average molecular weight is 369 g/mol. The number of aromatic nitrogens is 2. The van der Waals surface area contributed by atoms with E-state index in [-0.39, 0.29) is 16.5 Å². The monoisotopic (exact) mass is 369 g/mol. The number of carbonyl (C=O) groups excluding carboxylic acids is 1. The van der Waals surface area contributed by atoms with Crippen LogP contribution in [-0.4, -0.2) is 34.3 Å². The average Bonchev–Trinajstić information content (AvgIpc) is 3.11. The summed E-state index contributed by atoms with van der Waals surface area (Å²) in [6, 6.07) is 13.5. The van der Waals surface area contributed by atoms with Gasteiger partial charge in [0.15, 0.2) is 0 Å². The highest BCUT2D eigenvalue weighted by molar-refractivity contribution is 7.13. The quantitative estimate of drug-likeness (QED) is 0.692. The molecule has 3 rings (SSSR count). The normalized spacial score (nSPS) is 10.3. The summed E-state index contributed by atoms with van der Waals surface area (Å²) in [7, 11) is 1.61. The third-order valence-corrected chi connectivity index (χ3v) is 4.46. The zero-order valence-electron chi connectivity index (χ0n) is 13.8. The number of carbonyl (C=O) groups is 2. The van der Waals surface area contributed by atoms with E-state index in [1.165, 1.54) is 35.6 Å². The van der Waals surface area contributed by atoms with Crippen LogP contribution >= 0.6 is 11.3 Å². The molecule has 2 N–H and O–H groups in total. The second-order valence-electron chi connectivity index (χ2n) is 5.37. The molecule has 0 fully saturated rings. The molecule has 0 radical (unpaired) electrons. The van der Waals surface area contributed by atoms with E-state index >= 15 is 0 Å². The van der Waals surface area contributed by atoms with Crippen molar-refractivity contribution in [2.75, 3.05) is 12.4 Å². The fourth-order valence-electron chi connectivity index (χ4n) is 2.25. The van der Waals surface area contributed by atoms with Crippen LogP contribution in [0.1, 0.15) is 30.7 Å². The minimum atomic E-state index is -1.02. The van der Waals surface area contributed by atoms with E-state index in [1.807, 2.05) is 24.3 Å². The summed E-state index contributed by atoms with van der Waals surface area (Å²) in [6.45, 7) is 0. The Kier molecular flexibility index (Phi) is 5.23. The summed E-state index contributed by atoms with van der Waals surface area (Å²) < 4.78 is 5.19. The number of methoxy groups -OCH3 is 1. The minimum absolute atomic E-state index is 0.152. The van der Waals surface area contributed by atoms with Gasteiger partial charge in [0.05, 0.1) is 12.7 Å². The molecule has 0 bridgehead atoms. The highest BCUT2D eigenvalue weighted by atomic mass is 32.1. The fourth-order valence-corrected chi connectivity index (χ4v) is 3.02. The van der Waals surface area contributed by atoms with Crippen LogP contribution in [0.3, 0.4) is 0 Å². The van der Waals surface area contributed by atoms with Crippen LogP contribution in [0.5, 0.6) is 5.75 Å². The zero-order valence-corrected chi connectivity index (χ0v) is 14.6. The largest absolute Gasteiger partial charge is 0.497 e. The summed E-state index contributed by atoms with van der Waals surface area (Å²) in [5.41, 5.74) is 1.65. The molecular weight excluding hydrogens is 354 g/mol. The number of carboxylic acid groups (broad SMARTS) is 1. The van der Waals surface area contributed by atoms with E-state index in [0.717, 1.165) is 11.3 Å². The number of hydrogen-bond acceptors (Lipinski definition) is 6. The first-order valence-corrected chi connectivity index (χ1v) is 8.47. The number of rotatable bonds is 6. The summed E-state index contributed by atoms with van der Waals surface area (Å²) >= 11 is 1.21. The summed E-state index contributed by atoms with van der Waals surface area (Å²) in [5.74, 6) is -0.647. The first kappa shape index (κ1) is 17.6. The van der Waals surface area contributed by atoms with E-state index in [1.54, 1.807) is 7.11 Å². The van der Waals surface area contributed by atoms with Crippen LogP contribution in [0.25, 0.3) is 0 Å². The smallest absolute Gasteiger partial charge is 0.335 e. The number of hydrogen-bond donors (Lipinski definition) is 2. The number of amides is 1. The highest BCUT2D eigenvalue weighted by Gasteiger charge is 2.14. The second kappa shape index (κ2) is 7.75. The van der Waals surface area contributed by atoms with Gasteiger partial charge >= 0.3 is 5.97 Å². The molecule has 1 amide bonds. The number of anilines is 1. The molecular formula is C18H15N3O4S. The number of aromatic carboxylic acids is 1. The molecule has 0 unspecified atom stereocenters. The van der Waals surface area contributed by atoms with Gasteiger partial charge in [-0.2, -0.15) is 0 Å². The number of nitrogens with one attached hydrogen (secondary N) is 1. The molecule has 0 aliphatic rings. The SMILES string of the molecule is COc1cccc(Cc2nnc(C(=O)Nc3ccc(C(=O)O)cc3)s2)c1. The lowest BCUT2D eigenvalue weighted by Crippen LogP contribution is -2.11. The van der Waals surface area contributed by atoms with Gasteiger partial charge in [-0.1, -0.05) is 23.5 Å². The van der Waals surface area contributed by atoms with Crippen LogP contribution in [0.2, 0.25) is 0 Å². The number of ether oxygens (including phenoxy) is 1. The Bertz CT molecular complexity index is 938. The van der Waals surface area contributed by atoms with Crippen molar-refractivity contribution in [3.63, 3.8) is 0 Å². The fraction of sp³-hybridized carbons (Fsp3) is 0.111. The predicted octanol–water partition coefficient (Wildman–Crippen LogP) is 3.09. The molecule has 0 spiro atoms. The van der Waals surface area contributed by atoms with E-state index in [9.17, 15) is 9.59 Å². The van der Waals surface area contributed by atoms with E-state index in [2.05, 4.69) is 15.5 Å². The lowest BCUT2D eigenvalue weighted by Gasteiger charge is -2.03.